The predicted molar refractivity (Wildman–Crippen MR) is 102 cm³/mol. The Kier molecular flexibility index (Phi) is 6.01. The summed E-state index contributed by atoms with van der Waals surface area (Å²) in [4.78, 5) is 34.5. The highest BCUT2D eigenvalue weighted by Crippen LogP contribution is 2.20. The summed E-state index contributed by atoms with van der Waals surface area (Å²) >= 11 is 0. The standard InChI is InChI=1S/C20H24N4O3/c1-3-27-20(26)15-4-6-16(7-5-15)23-18-12-17(21-13-22-18)19(25)24-10-8-14(2)9-11-24/h4-7,12-14H,3,8-11H2,1-2H3,(H,21,22,23). The number of hydrogen-bond donors (Lipinski definition) is 1. The molecule has 0 unspecified atom stereocenters. The summed E-state index contributed by atoms with van der Waals surface area (Å²) in [6, 6.07) is 8.55. The molecule has 7 nitrogen and oxygen atoms in total. The van der Waals surface area contributed by atoms with Gasteiger partial charge in [-0.1, -0.05) is 6.92 Å². The molecule has 142 valence electrons. The zero-order valence-electron chi connectivity index (χ0n) is 15.6. The Morgan fingerprint density at radius 2 is 1.89 bits per heavy atom. The molecular weight excluding hydrogens is 344 g/mol. The Balaban J connectivity index is 1.67. The molecule has 1 saturated heterocycles. The number of nitrogens with one attached hydrogen (secondary N) is 1. The van der Waals surface area contributed by atoms with E-state index < -0.39 is 0 Å². The molecule has 0 saturated carbocycles. The van der Waals surface area contributed by atoms with Crippen molar-refractivity contribution in [3.05, 3.63) is 47.9 Å². The number of carbonyl (C=O) groups is 2. The van der Waals surface area contributed by atoms with Gasteiger partial charge in [-0.2, -0.15) is 0 Å². The topological polar surface area (TPSA) is 84.4 Å². The summed E-state index contributed by atoms with van der Waals surface area (Å²) in [5, 5.41) is 3.13. The third kappa shape index (κ3) is 4.81. The zero-order valence-corrected chi connectivity index (χ0v) is 15.6. The van der Waals surface area contributed by atoms with Gasteiger partial charge >= 0.3 is 5.97 Å². The maximum atomic E-state index is 12.6. The van der Waals surface area contributed by atoms with Gasteiger partial charge in [0.1, 0.15) is 17.8 Å². The highest BCUT2D eigenvalue weighted by Gasteiger charge is 2.22. The average molecular weight is 368 g/mol. The molecule has 1 aromatic heterocycles. The summed E-state index contributed by atoms with van der Waals surface area (Å²) in [5.41, 5.74) is 1.62. The number of ether oxygens (including phenoxy) is 1. The molecule has 0 aliphatic carbocycles. The molecule has 0 bridgehead atoms. The number of aromatic nitrogens is 2. The summed E-state index contributed by atoms with van der Waals surface area (Å²) in [7, 11) is 0. The van der Waals surface area contributed by atoms with E-state index in [0.717, 1.165) is 31.6 Å². The van der Waals surface area contributed by atoms with E-state index in [0.29, 0.717) is 29.6 Å². The minimum Gasteiger partial charge on any atom is -0.462 e. The molecule has 1 aromatic carbocycles. The van der Waals surface area contributed by atoms with Gasteiger partial charge < -0.3 is 15.0 Å². The molecule has 1 fully saturated rings. The van der Waals surface area contributed by atoms with E-state index in [-0.39, 0.29) is 11.9 Å². The van der Waals surface area contributed by atoms with Crippen LogP contribution in [0.4, 0.5) is 11.5 Å². The molecule has 1 amide bonds. The molecule has 7 heteroatoms. The first-order chi connectivity index (χ1) is 13.1. The van der Waals surface area contributed by atoms with E-state index >= 15 is 0 Å². The van der Waals surface area contributed by atoms with Gasteiger partial charge in [0.15, 0.2) is 0 Å². The van der Waals surface area contributed by atoms with E-state index in [1.807, 2.05) is 4.90 Å². The molecular formula is C20H24N4O3. The van der Waals surface area contributed by atoms with Gasteiger partial charge in [0, 0.05) is 24.8 Å². The van der Waals surface area contributed by atoms with Crippen LogP contribution in [0, 0.1) is 5.92 Å². The number of anilines is 2. The summed E-state index contributed by atoms with van der Waals surface area (Å²) in [6.45, 7) is 5.85. The first-order valence-corrected chi connectivity index (χ1v) is 9.22. The molecule has 0 radical (unpaired) electrons. The largest absolute Gasteiger partial charge is 0.462 e. The molecule has 0 spiro atoms. The fourth-order valence-corrected chi connectivity index (χ4v) is 2.97. The van der Waals surface area contributed by atoms with Crippen molar-refractivity contribution in [2.75, 3.05) is 25.0 Å². The van der Waals surface area contributed by atoms with Crippen LogP contribution in [-0.2, 0) is 4.74 Å². The van der Waals surface area contributed by atoms with Crippen molar-refractivity contribution >= 4 is 23.4 Å². The van der Waals surface area contributed by atoms with Crippen molar-refractivity contribution in [2.45, 2.75) is 26.7 Å². The average Bonchev–Trinajstić information content (AvgIpc) is 2.69. The Morgan fingerprint density at radius 3 is 2.56 bits per heavy atom. The maximum Gasteiger partial charge on any atom is 0.338 e. The quantitative estimate of drug-likeness (QED) is 0.816. The van der Waals surface area contributed by atoms with Crippen LogP contribution in [0.3, 0.4) is 0 Å². The van der Waals surface area contributed by atoms with E-state index in [1.165, 1.54) is 6.33 Å². The van der Waals surface area contributed by atoms with Crippen LogP contribution in [0.15, 0.2) is 36.7 Å². The number of likely N-dealkylation sites (tertiary alicyclic amines) is 1. The van der Waals surface area contributed by atoms with Crippen LogP contribution < -0.4 is 5.32 Å². The third-order valence-corrected chi connectivity index (χ3v) is 4.63. The Morgan fingerprint density at radius 1 is 1.19 bits per heavy atom. The number of nitrogens with zero attached hydrogens (tertiary/aromatic N) is 3. The van der Waals surface area contributed by atoms with E-state index in [1.54, 1.807) is 37.3 Å². The fraction of sp³-hybridized carbons (Fsp3) is 0.400. The van der Waals surface area contributed by atoms with Crippen molar-refractivity contribution < 1.29 is 14.3 Å². The van der Waals surface area contributed by atoms with Crippen LogP contribution in [0.1, 0.15) is 47.5 Å². The van der Waals surface area contributed by atoms with Crippen LogP contribution in [0.2, 0.25) is 0 Å². The molecule has 0 atom stereocenters. The molecule has 1 aliphatic rings. The lowest BCUT2D eigenvalue weighted by molar-refractivity contribution is 0.0526. The number of benzene rings is 1. The van der Waals surface area contributed by atoms with Gasteiger partial charge in [-0.05, 0) is 49.9 Å². The molecule has 1 N–H and O–H groups in total. The van der Waals surface area contributed by atoms with Gasteiger partial charge in [-0.3, -0.25) is 4.79 Å². The lowest BCUT2D eigenvalue weighted by Crippen LogP contribution is -2.38. The van der Waals surface area contributed by atoms with Gasteiger partial charge in [-0.15, -0.1) is 0 Å². The number of hydrogen-bond acceptors (Lipinski definition) is 6. The molecule has 1 aliphatic heterocycles. The second-order valence-corrected chi connectivity index (χ2v) is 6.69. The van der Waals surface area contributed by atoms with Gasteiger partial charge in [0.25, 0.3) is 5.91 Å². The van der Waals surface area contributed by atoms with Gasteiger partial charge in [-0.25, -0.2) is 14.8 Å². The van der Waals surface area contributed by atoms with E-state index in [9.17, 15) is 9.59 Å². The van der Waals surface area contributed by atoms with Crippen LogP contribution in [0.25, 0.3) is 0 Å². The monoisotopic (exact) mass is 368 g/mol. The third-order valence-electron chi connectivity index (χ3n) is 4.63. The number of esters is 1. The number of amides is 1. The van der Waals surface area contributed by atoms with E-state index in [2.05, 4.69) is 22.2 Å². The van der Waals surface area contributed by atoms with Crippen LogP contribution in [0.5, 0.6) is 0 Å². The Labute approximate surface area is 158 Å². The summed E-state index contributed by atoms with van der Waals surface area (Å²) < 4.78 is 4.97. The molecule has 3 rings (SSSR count). The van der Waals surface area contributed by atoms with Crippen molar-refractivity contribution in [1.82, 2.24) is 14.9 Å². The molecule has 2 heterocycles. The highest BCUT2D eigenvalue weighted by atomic mass is 16.5. The minimum absolute atomic E-state index is 0.0648. The second-order valence-electron chi connectivity index (χ2n) is 6.69. The Bertz CT molecular complexity index is 799. The highest BCUT2D eigenvalue weighted by molar-refractivity contribution is 5.93. The molecule has 2 aromatic rings. The lowest BCUT2D eigenvalue weighted by atomic mass is 9.99. The number of carbonyl (C=O) groups excluding carboxylic acids is 2. The smallest absolute Gasteiger partial charge is 0.338 e. The first-order valence-electron chi connectivity index (χ1n) is 9.22. The second kappa shape index (κ2) is 8.62. The van der Waals surface area contributed by atoms with Gasteiger partial charge in [0.2, 0.25) is 0 Å². The summed E-state index contributed by atoms with van der Waals surface area (Å²) in [5.74, 6) is 0.775. The van der Waals surface area contributed by atoms with Crippen molar-refractivity contribution in [1.29, 1.82) is 0 Å². The van der Waals surface area contributed by atoms with E-state index in [4.69, 9.17) is 4.74 Å². The number of rotatable bonds is 5. The fourth-order valence-electron chi connectivity index (χ4n) is 2.97. The summed E-state index contributed by atoms with van der Waals surface area (Å²) in [6.07, 6.45) is 3.43. The lowest BCUT2D eigenvalue weighted by Gasteiger charge is -2.30. The normalized spacial score (nSPS) is 14.7. The Hall–Kier alpha value is -2.96. The minimum atomic E-state index is -0.352. The van der Waals surface area contributed by atoms with Crippen molar-refractivity contribution in [3.63, 3.8) is 0 Å². The van der Waals surface area contributed by atoms with Gasteiger partial charge in [0.05, 0.1) is 12.2 Å². The van der Waals surface area contributed by atoms with Crippen molar-refractivity contribution in [3.8, 4) is 0 Å². The first kappa shape index (κ1) is 18.8. The van der Waals surface area contributed by atoms with Crippen LogP contribution in [-0.4, -0.2) is 46.4 Å². The molecule has 27 heavy (non-hydrogen) atoms. The number of piperidine rings is 1. The zero-order chi connectivity index (χ0) is 19.2. The van der Waals surface area contributed by atoms with Crippen LogP contribution >= 0.6 is 0 Å². The maximum absolute atomic E-state index is 12.6. The SMILES string of the molecule is CCOC(=O)c1ccc(Nc2cc(C(=O)N3CCC(C)CC3)ncn2)cc1. The van der Waals surface area contributed by atoms with Crippen molar-refractivity contribution in [2.24, 2.45) is 5.92 Å². The predicted octanol–water partition coefficient (Wildman–Crippen LogP) is 3.27.